The molecule has 0 bridgehead atoms. The van der Waals surface area contributed by atoms with Crippen LogP contribution in [0.1, 0.15) is 5.56 Å². The molecule has 0 aliphatic rings. The Balaban J connectivity index is 2.34. The molecule has 118 valence electrons. The molecule has 0 amide bonds. The third kappa shape index (κ3) is 4.28. The van der Waals surface area contributed by atoms with Gasteiger partial charge in [0, 0.05) is 5.69 Å². The lowest BCUT2D eigenvalue weighted by atomic mass is 10.2. The highest BCUT2D eigenvalue weighted by Gasteiger charge is 2.18. The van der Waals surface area contributed by atoms with Crippen molar-refractivity contribution in [3.8, 4) is 6.07 Å². The zero-order valence-corrected chi connectivity index (χ0v) is 13.0. The van der Waals surface area contributed by atoms with Gasteiger partial charge in [0.2, 0.25) is 0 Å². The Hall–Kier alpha value is -2.43. The predicted molar refractivity (Wildman–Crippen MR) is 83.9 cm³/mol. The van der Waals surface area contributed by atoms with Gasteiger partial charge in [0.25, 0.3) is 10.0 Å². The summed E-state index contributed by atoms with van der Waals surface area (Å²) in [4.78, 5) is -0.593. The topological polar surface area (TPSA) is 70.0 Å². The van der Waals surface area contributed by atoms with Crippen molar-refractivity contribution in [3.63, 3.8) is 0 Å². The van der Waals surface area contributed by atoms with Gasteiger partial charge in [-0.3, -0.25) is 4.72 Å². The first-order valence-corrected chi connectivity index (χ1v) is 8.03. The Morgan fingerprint density at radius 1 is 1.17 bits per heavy atom. The van der Waals surface area contributed by atoms with Crippen LogP contribution in [-0.4, -0.2) is 8.42 Å². The Morgan fingerprint density at radius 3 is 2.39 bits per heavy atom. The van der Waals surface area contributed by atoms with Gasteiger partial charge in [0.05, 0.1) is 5.02 Å². The number of anilines is 1. The minimum Gasteiger partial charge on any atom is -0.279 e. The fourth-order valence-electron chi connectivity index (χ4n) is 1.65. The fourth-order valence-corrected chi connectivity index (χ4v) is 2.81. The first kappa shape index (κ1) is 16.9. The van der Waals surface area contributed by atoms with Crippen LogP contribution in [0.25, 0.3) is 6.08 Å². The van der Waals surface area contributed by atoms with Gasteiger partial charge in [-0.05, 0) is 48.0 Å². The predicted octanol–water partition coefficient (Wildman–Crippen LogP) is 3.92. The number of rotatable bonds is 4. The molecule has 0 unspecified atom stereocenters. The third-order valence-corrected chi connectivity index (χ3v) is 4.32. The molecule has 2 rings (SSSR count). The lowest BCUT2D eigenvalue weighted by Gasteiger charge is -2.07. The summed E-state index contributed by atoms with van der Waals surface area (Å²) in [6.45, 7) is 0. The zero-order chi connectivity index (χ0) is 17.0. The smallest absolute Gasteiger partial charge is 0.272 e. The molecule has 0 radical (unpaired) electrons. The van der Waals surface area contributed by atoms with E-state index in [1.54, 1.807) is 6.07 Å². The van der Waals surface area contributed by atoms with Crippen LogP contribution in [0.2, 0.25) is 5.02 Å². The Morgan fingerprint density at radius 2 is 1.83 bits per heavy atom. The summed E-state index contributed by atoms with van der Waals surface area (Å²) in [7, 11) is -4.17. The first-order chi connectivity index (χ1) is 10.8. The maximum atomic E-state index is 13.1. The maximum absolute atomic E-state index is 13.1. The summed E-state index contributed by atoms with van der Waals surface area (Å²) in [6, 6.07) is 9.69. The maximum Gasteiger partial charge on any atom is 0.272 e. The van der Waals surface area contributed by atoms with Crippen molar-refractivity contribution >= 4 is 33.4 Å². The third-order valence-electron chi connectivity index (χ3n) is 2.74. The number of hydrogen-bond acceptors (Lipinski definition) is 3. The van der Waals surface area contributed by atoms with E-state index in [4.69, 9.17) is 16.9 Å². The minimum absolute atomic E-state index is 0.102. The molecule has 0 saturated carbocycles. The van der Waals surface area contributed by atoms with Crippen LogP contribution in [0.15, 0.2) is 47.4 Å². The lowest BCUT2D eigenvalue weighted by Crippen LogP contribution is -2.14. The average molecular weight is 355 g/mol. The number of halogens is 3. The van der Waals surface area contributed by atoms with E-state index in [0.717, 1.165) is 24.3 Å². The molecule has 0 spiro atoms. The minimum atomic E-state index is -4.17. The average Bonchev–Trinajstić information content (AvgIpc) is 2.50. The molecule has 0 heterocycles. The molecule has 8 heteroatoms. The Kier molecular flexibility index (Phi) is 4.98. The van der Waals surface area contributed by atoms with Gasteiger partial charge in [0.1, 0.15) is 17.7 Å². The van der Waals surface area contributed by atoms with Crippen LogP contribution in [0.4, 0.5) is 14.5 Å². The van der Waals surface area contributed by atoms with Crippen LogP contribution >= 0.6 is 11.6 Å². The van der Waals surface area contributed by atoms with E-state index in [2.05, 4.69) is 4.72 Å². The number of nitriles is 1. The van der Waals surface area contributed by atoms with Crippen molar-refractivity contribution in [2.75, 3.05) is 4.72 Å². The van der Waals surface area contributed by atoms with Gasteiger partial charge in [-0.25, -0.2) is 17.2 Å². The van der Waals surface area contributed by atoms with E-state index >= 15 is 0 Å². The highest BCUT2D eigenvalue weighted by atomic mass is 35.5. The summed E-state index contributed by atoms with van der Waals surface area (Å²) >= 11 is 5.61. The second-order valence-electron chi connectivity index (χ2n) is 4.41. The van der Waals surface area contributed by atoms with Gasteiger partial charge in [-0.15, -0.1) is 0 Å². The first-order valence-electron chi connectivity index (χ1n) is 6.17. The van der Waals surface area contributed by atoms with E-state index in [-0.39, 0.29) is 16.3 Å². The second kappa shape index (κ2) is 6.77. The molecule has 4 nitrogen and oxygen atoms in total. The highest BCUT2D eigenvalue weighted by molar-refractivity contribution is 7.96. The molecule has 0 saturated heterocycles. The van der Waals surface area contributed by atoms with Crippen molar-refractivity contribution in [2.24, 2.45) is 0 Å². The molecule has 2 aromatic carbocycles. The number of allylic oxidation sites excluding steroid dienone is 1. The van der Waals surface area contributed by atoms with Crippen molar-refractivity contribution in [2.45, 2.75) is 0 Å². The van der Waals surface area contributed by atoms with Crippen LogP contribution in [0, 0.1) is 23.0 Å². The summed E-state index contributed by atoms with van der Waals surface area (Å²) in [5, 5.41) is 8.87. The molecule has 0 aliphatic carbocycles. The Labute approximate surface area is 136 Å². The summed E-state index contributed by atoms with van der Waals surface area (Å²) in [5.74, 6) is -1.18. The molecule has 1 N–H and O–H groups in total. The molecule has 23 heavy (non-hydrogen) atoms. The van der Waals surface area contributed by atoms with Gasteiger partial charge in [0.15, 0.2) is 4.91 Å². The number of benzene rings is 2. The van der Waals surface area contributed by atoms with Crippen LogP contribution in [0.5, 0.6) is 0 Å². The molecule has 0 aromatic heterocycles. The number of sulfonamides is 1. The molecule has 0 aliphatic heterocycles. The van der Waals surface area contributed by atoms with E-state index in [1.807, 2.05) is 0 Å². The number of nitrogens with one attached hydrogen (secondary N) is 1. The normalized spacial score (nSPS) is 11.8. The highest BCUT2D eigenvalue weighted by Crippen LogP contribution is 2.20. The molecule has 0 fully saturated rings. The van der Waals surface area contributed by atoms with Crippen molar-refractivity contribution in [3.05, 3.63) is 69.6 Å². The zero-order valence-electron chi connectivity index (χ0n) is 11.4. The largest absolute Gasteiger partial charge is 0.279 e. The van der Waals surface area contributed by atoms with E-state index < -0.39 is 26.6 Å². The van der Waals surface area contributed by atoms with Crippen LogP contribution < -0.4 is 4.72 Å². The van der Waals surface area contributed by atoms with Gasteiger partial charge in [-0.2, -0.15) is 5.26 Å². The van der Waals surface area contributed by atoms with E-state index in [0.29, 0.717) is 0 Å². The van der Waals surface area contributed by atoms with Crippen molar-refractivity contribution in [1.29, 1.82) is 5.26 Å². The van der Waals surface area contributed by atoms with Crippen LogP contribution in [0.3, 0.4) is 0 Å². The van der Waals surface area contributed by atoms with Gasteiger partial charge in [-0.1, -0.05) is 17.7 Å². The molecular formula is C15H9ClF2N2O2S. The quantitative estimate of drug-likeness (QED) is 0.846. The van der Waals surface area contributed by atoms with Gasteiger partial charge < -0.3 is 0 Å². The summed E-state index contributed by atoms with van der Waals surface area (Å²) < 4.78 is 52.4. The van der Waals surface area contributed by atoms with Crippen molar-refractivity contribution < 1.29 is 17.2 Å². The molecule has 0 atom stereocenters. The molecular weight excluding hydrogens is 346 g/mol. The van der Waals surface area contributed by atoms with Gasteiger partial charge >= 0.3 is 0 Å². The number of hydrogen-bond donors (Lipinski definition) is 1. The van der Waals surface area contributed by atoms with E-state index in [9.17, 15) is 17.2 Å². The summed E-state index contributed by atoms with van der Waals surface area (Å²) in [6.07, 6.45) is 1.05. The van der Waals surface area contributed by atoms with Crippen molar-refractivity contribution in [1.82, 2.24) is 0 Å². The van der Waals surface area contributed by atoms with E-state index in [1.165, 1.54) is 24.3 Å². The van der Waals surface area contributed by atoms with Crippen LogP contribution in [-0.2, 0) is 10.0 Å². The lowest BCUT2D eigenvalue weighted by molar-refractivity contribution is 0.608. The SMILES string of the molecule is N#C/C(=C\c1ccc(F)c(Cl)c1)S(=O)(=O)Nc1ccc(F)cc1. The fraction of sp³-hybridized carbons (Fsp3) is 0. The monoisotopic (exact) mass is 354 g/mol. The summed E-state index contributed by atoms with van der Waals surface area (Å²) in [5.41, 5.74) is 0.349. The number of nitrogens with zero attached hydrogens (tertiary/aromatic N) is 1. The second-order valence-corrected chi connectivity index (χ2v) is 6.46. The molecule has 2 aromatic rings. The Bertz CT molecular complexity index is 904. The standard InChI is InChI=1S/C15H9ClF2N2O2S/c16-14-8-10(1-6-15(14)18)7-13(9-19)23(21,22)20-12-4-2-11(17)3-5-12/h1-8,20H/b13-7+.